The van der Waals surface area contributed by atoms with Crippen LogP contribution in [0.1, 0.15) is 10.4 Å². The van der Waals surface area contributed by atoms with Crippen LogP contribution in [0.4, 0.5) is 0 Å². The predicted octanol–water partition coefficient (Wildman–Crippen LogP) is 4.04. The van der Waals surface area contributed by atoms with Crippen molar-refractivity contribution in [3.63, 3.8) is 0 Å². The molecule has 152 valence electrons. The first-order chi connectivity index (χ1) is 15.2. The molecule has 0 saturated heterocycles. The Hall–Kier alpha value is -4.04. The second kappa shape index (κ2) is 7.66. The molecule has 8 heteroatoms. The molecule has 0 radical (unpaired) electrons. The molecule has 0 spiro atoms. The Bertz CT molecular complexity index is 1400. The van der Waals surface area contributed by atoms with Crippen LogP contribution in [0.2, 0.25) is 0 Å². The topological polar surface area (TPSA) is 79.0 Å². The van der Waals surface area contributed by atoms with Gasteiger partial charge in [-0.25, -0.2) is 9.78 Å². The highest BCUT2D eigenvalue weighted by Gasteiger charge is 2.25. The van der Waals surface area contributed by atoms with Gasteiger partial charge in [-0.1, -0.05) is 59.9 Å². The molecular formula is C23H16N4O3S. The largest absolute Gasteiger partial charge is 0.465 e. The van der Waals surface area contributed by atoms with Gasteiger partial charge in [-0.2, -0.15) is 9.78 Å². The number of thiazole rings is 1. The Morgan fingerprint density at radius 1 is 1.00 bits per heavy atom. The maximum Gasteiger partial charge on any atom is 0.341 e. The minimum absolute atomic E-state index is 0.197. The van der Waals surface area contributed by atoms with E-state index in [2.05, 4.69) is 10.1 Å². The molecule has 3 aromatic rings. The van der Waals surface area contributed by atoms with Crippen molar-refractivity contribution >= 4 is 17.3 Å². The smallest absolute Gasteiger partial charge is 0.341 e. The van der Waals surface area contributed by atoms with Gasteiger partial charge in [0.1, 0.15) is 11.3 Å². The van der Waals surface area contributed by atoms with E-state index in [0.717, 1.165) is 10.4 Å². The fraction of sp³-hybridized carbons (Fsp3) is 0.0435. The van der Waals surface area contributed by atoms with Gasteiger partial charge in [-0.15, -0.1) is 0 Å². The molecule has 31 heavy (non-hydrogen) atoms. The number of carbonyl (C=O) groups is 1. The molecule has 0 atom stereocenters. The van der Waals surface area contributed by atoms with Crippen molar-refractivity contribution in [1.82, 2.24) is 19.3 Å². The zero-order chi connectivity index (χ0) is 21.4. The first-order valence-electron chi connectivity index (χ1n) is 9.46. The molecule has 0 fully saturated rings. The van der Waals surface area contributed by atoms with Crippen molar-refractivity contribution in [3.8, 4) is 32.5 Å². The lowest BCUT2D eigenvalue weighted by molar-refractivity contribution is 0.0600. The second-order valence-electron chi connectivity index (χ2n) is 6.76. The first kappa shape index (κ1) is 19.0. The number of benzene rings is 2. The number of hydrogen-bond acceptors (Lipinski definition) is 6. The molecule has 0 N–H and O–H groups in total. The van der Waals surface area contributed by atoms with E-state index in [9.17, 15) is 9.59 Å². The number of rotatable bonds is 4. The zero-order valence-electron chi connectivity index (χ0n) is 16.4. The summed E-state index contributed by atoms with van der Waals surface area (Å²) in [5.41, 5.74) is 2.14. The lowest BCUT2D eigenvalue weighted by atomic mass is 10.1. The van der Waals surface area contributed by atoms with E-state index < -0.39 is 5.97 Å². The zero-order valence-corrected chi connectivity index (χ0v) is 17.2. The van der Waals surface area contributed by atoms with Crippen LogP contribution in [-0.2, 0) is 4.74 Å². The number of ether oxygens (including phenoxy) is 1. The number of nitrogens with zero attached hydrogens (tertiary/aromatic N) is 4. The van der Waals surface area contributed by atoms with Gasteiger partial charge in [0.05, 0.1) is 23.2 Å². The molecule has 5 rings (SSSR count). The third kappa shape index (κ3) is 3.32. The summed E-state index contributed by atoms with van der Waals surface area (Å²) in [5, 5.41) is 5.03. The van der Waals surface area contributed by atoms with Crippen molar-refractivity contribution in [3.05, 3.63) is 95.2 Å². The van der Waals surface area contributed by atoms with Crippen LogP contribution >= 0.6 is 11.3 Å². The quantitative estimate of drug-likeness (QED) is 0.404. The Balaban J connectivity index is 1.69. The Kier molecular flexibility index (Phi) is 4.68. The highest BCUT2D eigenvalue weighted by Crippen LogP contribution is 2.30. The molecule has 0 unspecified atom stereocenters. The summed E-state index contributed by atoms with van der Waals surface area (Å²) in [4.78, 5) is 31.1. The molecule has 2 aromatic carbocycles. The van der Waals surface area contributed by atoms with E-state index in [1.807, 2.05) is 48.5 Å². The maximum absolute atomic E-state index is 13.1. The van der Waals surface area contributed by atoms with Gasteiger partial charge in [-0.05, 0) is 17.7 Å². The molecule has 0 amide bonds. The van der Waals surface area contributed by atoms with Crippen LogP contribution in [-0.4, -0.2) is 32.4 Å². The minimum Gasteiger partial charge on any atom is -0.465 e. The molecule has 0 saturated carbocycles. The molecule has 2 aliphatic heterocycles. The third-order valence-corrected chi connectivity index (χ3v) is 5.91. The Morgan fingerprint density at radius 3 is 2.42 bits per heavy atom. The van der Waals surface area contributed by atoms with Crippen LogP contribution in [0.5, 0.6) is 0 Å². The van der Waals surface area contributed by atoms with Gasteiger partial charge in [0.2, 0.25) is 0 Å². The summed E-state index contributed by atoms with van der Waals surface area (Å²) >= 11 is 1.46. The summed E-state index contributed by atoms with van der Waals surface area (Å²) < 4.78 is 7.91. The number of carbonyl (C=O) groups excluding carboxylic acids is 1. The van der Waals surface area contributed by atoms with Crippen LogP contribution < -0.4 is 5.56 Å². The lowest BCUT2D eigenvalue weighted by Crippen LogP contribution is -2.15. The summed E-state index contributed by atoms with van der Waals surface area (Å²) in [5.74, 6) is -0.572. The molecule has 3 heterocycles. The number of esters is 1. The summed E-state index contributed by atoms with van der Waals surface area (Å²) in [6.45, 7) is 0. The van der Waals surface area contributed by atoms with Crippen molar-refractivity contribution in [1.29, 1.82) is 0 Å². The number of methoxy groups -OCH3 is 1. The minimum atomic E-state index is -0.572. The third-order valence-electron chi connectivity index (χ3n) is 4.85. The van der Waals surface area contributed by atoms with Gasteiger partial charge < -0.3 is 4.74 Å². The van der Waals surface area contributed by atoms with Crippen molar-refractivity contribution in [2.24, 2.45) is 0 Å². The standard InChI is InChI=1S/C23H16N4O3S/c1-30-22(29)18-14-26(23-24-12-19(31-23)15-8-4-2-5-9-15)13-17-20(18)25-27(21(17)28)16-10-6-3-7-11-16/h2-14H,1H3. The fourth-order valence-corrected chi connectivity index (χ4v) is 4.21. The molecule has 0 aliphatic carbocycles. The maximum atomic E-state index is 13.1. The number of fused-ring (bicyclic) bond motifs is 1. The fourth-order valence-electron chi connectivity index (χ4n) is 3.34. The monoisotopic (exact) mass is 428 g/mol. The van der Waals surface area contributed by atoms with Crippen molar-refractivity contribution in [2.45, 2.75) is 0 Å². The molecule has 2 aliphatic rings. The van der Waals surface area contributed by atoms with E-state index >= 15 is 0 Å². The van der Waals surface area contributed by atoms with Gasteiger partial charge in [0.25, 0.3) is 5.56 Å². The normalized spacial score (nSPS) is 11.0. The van der Waals surface area contributed by atoms with Crippen molar-refractivity contribution < 1.29 is 9.53 Å². The summed E-state index contributed by atoms with van der Waals surface area (Å²) in [7, 11) is 1.30. The molecule has 7 nitrogen and oxygen atoms in total. The predicted molar refractivity (Wildman–Crippen MR) is 118 cm³/mol. The number of para-hydroxylation sites is 1. The highest BCUT2D eigenvalue weighted by molar-refractivity contribution is 7.17. The van der Waals surface area contributed by atoms with Crippen LogP contribution in [0.15, 0.2) is 84.0 Å². The average Bonchev–Trinajstić information content (AvgIpc) is 3.45. The van der Waals surface area contributed by atoms with Crippen LogP contribution in [0.3, 0.4) is 0 Å². The molecule has 1 aromatic heterocycles. The molecular weight excluding hydrogens is 412 g/mol. The number of hydrogen-bond donors (Lipinski definition) is 0. The first-order valence-corrected chi connectivity index (χ1v) is 10.3. The van der Waals surface area contributed by atoms with E-state index in [1.165, 1.54) is 23.1 Å². The second-order valence-corrected chi connectivity index (χ2v) is 7.77. The van der Waals surface area contributed by atoms with E-state index in [4.69, 9.17) is 4.74 Å². The number of aromatic nitrogens is 4. The molecule has 0 bridgehead atoms. The van der Waals surface area contributed by atoms with Gasteiger partial charge in [0, 0.05) is 18.6 Å². The van der Waals surface area contributed by atoms with Crippen LogP contribution in [0, 0.1) is 0 Å². The summed E-state index contributed by atoms with van der Waals surface area (Å²) in [6.07, 6.45) is 5.03. The highest BCUT2D eigenvalue weighted by atomic mass is 32.1. The summed E-state index contributed by atoms with van der Waals surface area (Å²) in [6, 6.07) is 19.0. The van der Waals surface area contributed by atoms with Crippen molar-refractivity contribution in [2.75, 3.05) is 7.11 Å². The van der Waals surface area contributed by atoms with Gasteiger partial charge >= 0.3 is 5.97 Å². The number of pyridine rings is 1. The van der Waals surface area contributed by atoms with E-state index in [1.54, 1.807) is 35.3 Å². The van der Waals surface area contributed by atoms with Gasteiger partial charge in [-0.3, -0.25) is 9.36 Å². The lowest BCUT2D eigenvalue weighted by Gasteiger charge is -2.09. The van der Waals surface area contributed by atoms with E-state index in [0.29, 0.717) is 16.4 Å². The Morgan fingerprint density at radius 2 is 1.71 bits per heavy atom. The average molecular weight is 428 g/mol. The SMILES string of the molecule is COC(=O)c1cn(-c2ncc(-c3ccccc3)s2)cc2c(=O)n(-c3ccccc3)nc1-2. The van der Waals surface area contributed by atoms with Crippen LogP contribution in [0.25, 0.3) is 32.5 Å². The Labute approximate surface area is 181 Å². The van der Waals surface area contributed by atoms with E-state index in [-0.39, 0.29) is 16.8 Å². The van der Waals surface area contributed by atoms with Gasteiger partial charge in [0.15, 0.2) is 5.13 Å².